The Labute approximate surface area is 626 Å². The Hall–Kier alpha value is -5.37. The fourth-order valence-corrected chi connectivity index (χ4v) is 20.5. The largest absolute Gasteiger partial charge is 0.387 e. The molecule has 108 heavy (non-hydrogen) atoms. The molecule has 6 aromatic rings. The van der Waals surface area contributed by atoms with Crippen molar-refractivity contribution in [1.82, 2.24) is 57.7 Å². The van der Waals surface area contributed by atoms with Crippen molar-refractivity contribution in [2.75, 3.05) is 37.9 Å². The number of aromatic amines is 4. The fraction of sp³-hybridized carbons (Fsp3) is 0.632. The van der Waals surface area contributed by atoms with E-state index in [1.54, 1.807) is 20.8 Å². The molecule has 0 aliphatic carbocycles. The van der Waals surface area contributed by atoms with E-state index in [1.165, 1.54) is 74.9 Å². The first-order valence-electron chi connectivity index (χ1n) is 33.3. The summed E-state index contributed by atoms with van der Waals surface area (Å²) < 4.78 is 106. The highest BCUT2D eigenvalue weighted by Crippen LogP contribution is 2.63. The number of rotatable bonds is 26. The first-order chi connectivity index (χ1) is 50.7. The van der Waals surface area contributed by atoms with Gasteiger partial charge in [0.05, 0.1) is 69.4 Å². The standard InChI is InChI=1S/C57H74N14O29P4S4/c1-9-28-29(10-32(92-28)67-13-22(3)43(73)64-52(67)78)97-101(81,105)85-16-31-30(11-33(93-31)68-14-23(4)44(74)65-53(68)79)98-102(82,106)87-18-57-27(8)91-37(49(96-57)71-20-60-34-42(71)62-50(59)63-46(34)76)40(57)100-104(84,108)88-19-56-26(7)90-36(48(95-56)70-15-24(5)45(75)66-54(70)80)39(56)99-103(83,107)86-17-55-25(6)89-35(38(55)72)47(94-55)69-12-21(2)41(58)61-51(69)77/h12-15,20,25-33,35-40,47-49,72H,9-11,16-19H2,1-8H3,(H,81,105)(H,82,106)(H,83,107)(H,84,108)(H2,58,61,77)(H,64,73,78)(H,65,74,79)(H,66,75,80)(H3,59,62,63,76)/t25-,26-,27-,28+,29?,30?,31+,32+,33+,35-,36-,37+,38?,39?,40?,47+,48+,49+,55-,56-,57-,101?,102?,103?,104?/m0/s1. The molecule has 6 aromatic heterocycles. The number of nitrogens with zero attached hydrogens (tertiary/aromatic N) is 8. The minimum atomic E-state index is -4.89. The first-order valence-corrected chi connectivity index (χ1v) is 43.7. The Morgan fingerprint density at radius 2 is 0.944 bits per heavy atom. The van der Waals surface area contributed by atoms with Crippen molar-refractivity contribution in [2.45, 2.75) is 202 Å². The van der Waals surface area contributed by atoms with Crippen LogP contribution in [0.2, 0.25) is 0 Å². The molecule has 8 aliphatic rings. The number of H-pyrrole nitrogens is 4. The molecule has 8 fully saturated rings. The average molecular weight is 1670 g/mol. The van der Waals surface area contributed by atoms with Gasteiger partial charge in [0.1, 0.15) is 77.8 Å². The lowest BCUT2D eigenvalue weighted by molar-refractivity contribution is -0.218. The lowest BCUT2D eigenvalue weighted by Gasteiger charge is -2.39. The Morgan fingerprint density at radius 3 is 1.47 bits per heavy atom. The molecular formula is C57H74N14O29P4S4. The van der Waals surface area contributed by atoms with Gasteiger partial charge in [-0.25, -0.2) is 24.2 Å². The van der Waals surface area contributed by atoms with Gasteiger partial charge in [0.15, 0.2) is 29.8 Å². The average Bonchev–Trinajstić information content (AvgIpc) is 1.56. The number of nitrogens with one attached hydrogen (secondary N) is 4. The minimum absolute atomic E-state index is 0.0268. The normalized spacial score (nSPS) is 35.6. The molecule has 13 N–H and O–H groups in total. The number of fused-ring (bicyclic) bond motifs is 7. The maximum atomic E-state index is 13.7. The van der Waals surface area contributed by atoms with E-state index in [0.717, 1.165) is 13.7 Å². The van der Waals surface area contributed by atoms with Crippen LogP contribution in [0.5, 0.6) is 0 Å². The molecule has 9 unspecified atom stereocenters. The van der Waals surface area contributed by atoms with E-state index in [4.69, 9.17) is 133 Å². The summed E-state index contributed by atoms with van der Waals surface area (Å²) in [5, 5.41) is 11.7. The Kier molecular flexibility index (Phi) is 21.2. The van der Waals surface area contributed by atoms with Gasteiger partial charge in [-0.1, -0.05) is 6.92 Å². The van der Waals surface area contributed by atoms with E-state index in [1.807, 2.05) is 0 Å². The maximum Gasteiger partial charge on any atom is 0.351 e. The second-order valence-corrected chi connectivity index (χ2v) is 38.4. The van der Waals surface area contributed by atoms with Crippen LogP contribution in [-0.2, 0) is 121 Å². The predicted molar refractivity (Wildman–Crippen MR) is 383 cm³/mol. The molecule has 0 amide bonds. The van der Waals surface area contributed by atoms with Gasteiger partial charge in [-0.2, -0.15) is 9.97 Å². The van der Waals surface area contributed by atoms with Crippen molar-refractivity contribution in [2.24, 2.45) is 0 Å². The zero-order chi connectivity index (χ0) is 77.8. The van der Waals surface area contributed by atoms with Gasteiger partial charge in [-0.05, 0) is 102 Å². The molecule has 0 aromatic carbocycles. The van der Waals surface area contributed by atoms with E-state index in [0.29, 0.717) is 12.0 Å². The summed E-state index contributed by atoms with van der Waals surface area (Å²) in [6.07, 6.45) is -16.7. The zero-order valence-corrected chi connectivity index (χ0v) is 64.8. The van der Waals surface area contributed by atoms with Crippen LogP contribution in [0, 0.1) is 27.7 Å². The van der Waals surface area contributed by atoms with Gasteiger partial charge in [-0.3, -0.25) is 71.0 Å². The molecule has 25 atom stereocenters. The highest BCUT2D eigenvalue weighted by Gasteiger charge is 2.72. The molecule has 14 rings (SSSR count). The smallest absolute Gasteiger partial charge is 0.351 e. The minimum Gasteiger partial charge on any atom is -0.387 e. The topological polar surface area (TPSA) is 564 Å². The molecule has 43 nitrogen and oxygen atoms in total. The fourth-order valence-electron chi connectivity index (χ4n) is 14.7. The number of aliphatic hydroxyl groups is 1. The molecular weight excluding hydrogens is 1600 g/mol. The number of aryl methyl sites for hydroxylation is 4. The van der Waals surface area contributed by atoms with Crippen LogP contribution >= 0.6 is 26.9 Å². The molecule has 6 bridgehead atoms. The van der Waals surface area contributed by atoms with Crippen molar-refractivity contribution in [3.05, 3.63) is 137 Å². The second kappa shape index (κ2) is 28.9. The van der Waals surface area contributed by atoms with Crippen LogP contribution in [-0.4, -0.2) is 205 Å². The second-order valence-electron chi connectivity index (χ2n) is 27.2. The number of ether oxygens (including phenoxy) is 8. The lowest BCUT2D eigenvalue weighted by atomic mass is 9.94. The van der Waals surface area contributed by atoms with Gasteiger partial charge < -0.3 is 101 Å². The van der Waals surface area contributed by atoms with Gasteiger partial charge in [0.2, 0.25) is 5.95 Å². The van der Waals surface area contributed by atoms with E-state index in [-0.39, 0.29) is 52.5 Å². The molecule has 0 spiro atoms. The van der Waals surface area contributed by atoms with Gasteiger partial charge in [0, 0.05) is 59.9 Å². The van der Waals surface area contributed by atoms with E-state index in [2.05, 4.69) is 34.9 Å². The number of nitrogens with two attached hydrogens (primary N) is 2. The van der Waals surface area contributed by atoms with Crippen molar-refractivity contribution in [3.8, 4) is 0 Å². The summed E-state index contributed by atoms with van der Waals surface area (Å²) in [6, 6.07) is 0. The SMILES string of the molecule is CC[C@H]1O[C@@H](n2cc(C)c(=O)[nH]c2=O)CC1OP(O)(=S)OC[C@H]1O[C@@H](n2cc(C)c(=O)[nH]c2=O)CC1OP(O)(=S)OC[C@]12O[C@@H](n3cnc4c(=O)[nH]c(N)nc43)[C@H](O[C@H]1C)C2OP(O)(=S)OC[C@]12O[C@@H](n3cc(C)c(=O)[nH]c3=O)[C@@H](O[C@H]1C)C2OP(O)(=S)OC[C@]12O[C@@H](n3cc(C)c(N)nc3=O)[C@@H](O[C@H]1C)C2O. The van der Waals surface area contributed by atoms with Crippen LogP contribution in [0.15, 0.2) is 69.5 Å². The number of hydrogen-bond acceptors (Lipinski definition) is 34. The van der Waals surface area contributed by atoms with Gasteiger partial charge in [0.25, 0.3) is 22.2 Å². The third-order valence-corrected chi connectivity index (χ3v) is 26.6. The molecule has 8 aliphatic heterocycles. The van der Waals surface area contributed by atoms with E-state index >= 15 is 0 Å². The molecule has 0 radical (unpaired) electrons. The molecule has 590 valence electrons. The monoisotopic (exact) mass is 1670 g/mol. The number of aliphatic hydroxyl groups excluding tert-OH is 1. The number of nitrogen functional groups attached to an aromatic ring is 2. The van der Waals surface area contributed by atoms with Gasteiger partial charge >= 0.3 is 49.6 Å². The summed E-state index contributed by atoms with van der Waals surface area (Å²) in [5.41, 5.74) is 0.217. The van der Waals surface area contributed by atoms with Crippen LogP contribution in [0.25, 0.3) is 11.2 Å². The lowest BCUT2D eigenvalue weighted by Crippen LogP contribution is -2.52. The maximum absolute atomic E-state index is 13.7. The van der Waals surface area contributed by atoms with Gasteiger partial charge in [-0.15, -0.1) is 0 Å². The van der Waals surface area contributed by atoms with Crippen molar-refractivity contribution in [1.29, 1.82) is 0 Å². The molecule has 8 saturated heterocycles. The van der Waals surface area contributed by atoms with Crippen molar-refractivity contribution < 1.29 is 98.8 Å². The predicted octanol–water partition coefficient (Wildman–Crippen LogP) is -1.59. The van der Waals surface area contributed by atoms with Crippen LogP contribution in [0.4, 0.5) is 11.8 Å². The Morgan fingerprint density at radius 1 is 0.528 bits per heavy atom. The van der Waals surface area contributed by atoms with Crippen molar-refractivity contribution in [3.63, 3.8) is 0 Å². The molecule has 51 heteroatoms. The molecule has 0 saturated carbocycles. The Balaban J connectivity index is 0.727. The van der Waals surface area contributed by atoms with Crippen molar-refractivity contribution >= 4 is 97.0 Å². The van der Waals surface area contributed by atoms with E-state index < -0.39 is 226 Å². The number of imidazole rings is 1. The quantitative estimate of drug-likeness (QED) is 0.0273. The van der Waals surface area contributed by atoms with Crippen LogP contribution in [0.1, 0.15) is 100 Å². The summed E-state index contributed by atoms with van der Waals surface area (Å²) in [6.45, 7) is -9.49. The number of aromatic nitrogens is 12. The third-order valence-electron chi connectivity index (χ3n) is 20.4. The third kappa shape index (κ3) is 14.4. The summed E-state index contributed by atoms with van der Waals surface area (Å²) in [7, 11) is 0. The number of hydrogen-bond donors (Lipinski definition) is 11. The first kappa shape index (κ1) is 79.3. The van der Waals surface area contributed by atoms with Crippen LogP contribution < -0.4 is 56.5 Å². The Bertz CT molecular complexity index is 5310. The number of anilines is 2. The summed E-state index contributed by atoms with van der Waals surface area (Å²) >= 11 is 22.7. The zero-order valence-electron chi connectivity index (χ0n) is 57.9. The van der Waals surface area contributed by atoms with Crippen LogP contribution in [0.3, 0.4) is 0 Å². The highest BCUT2D eigenvalue weighted by molar-refractivity contribution is 8.08. The summed E-state index contributed by atoms with van der Waals surface area (Å²) in [4.78, 5) is 174. The highest BCUT2D eigenvalue weighted by atomic mass is 32.5. The van der Waals surface area contributed by atoms with E-state index in [9.17, 15) is 63.0 Å². The summed E-state index contributed by atoms with van der Waals surface area (Å²) in [5.74, 6) is -0.363. The molecule has 14 heterocycles.